The number of nitrogens with zero attached hydrogens (tertiary/aromatic N) is 2. The second-order valence-electron chi connectivity index (χ2n) is 7.04. The van der Waals surface area contributed by atoms with E-state index in [2.05, 4.69) is 11.9 Å². The summed E-state index contributed by atoms with van der Waals surface area (Å²) in [5, 5.41) is 0. The van der Waals surface area contributed by atoms with Crippen LogP contribution in [-0.2, 0) is 21.2 Å². The van der Waals surface area contributed by atoms with Crippen molar-refractivity contribution < 1.29 is 13.2 Å². The van der Waals surface area contributed by atoms with Gasteiger partial charge in [0.05, 0.1) is 17.9 Å². The summed E-state index contributed by atoms with van der Waals surface area (Å²) in [6, 6.07) is 13.5. The van der Waals surface area contributed by atoms with Gasteiger partial charge in [-0.1, -0.05) is 43.3 Å². The van der Waals surface area contributed by atoms with Crippen molar-refractivity contribution in [3.05, 3.63) is 66.0 Å². The molecule has 3 unspecified atom stereocenters. The fourth-order valence-corrected chi connectivity index (χ4v) is 5.60. The predicted molar refractivity (Wildman–Crippen MR) is 102 cm³/mol. The number of sulfonamides is 1. The van der Waals surface area contributed by atoms with Gasteiger partial charge in [0, 0.05) is 26.0 Å². The summed E-state index contributed by atoms with van der Waals surface area (Å²) in [4.78, 5) is 4.16. The van der Waals surface area contributed by atoms with Crippen LogP contribution in [0.3, 0.4) is 0 Å². The number of pyridine rings is 1. The highest BCUT2D eigenvalue weighted by Crippen LogP contribution is 2.37. The molecule has 0 bridgehead atoms. The van der Waals surface area contributed by atoms with Gasteiger partial charge in [-0.3, -0.25) is 4.98 Å². The van der Waals surface area contributed by atoms with Gasteiger partial charge < -0.3 is 4.74 Å². The number of ether oxygens (including phenoxy) is 1. The van der Waals surface area contributed by atoms with Gasteiger partial charge in [0.25, 0.3) is 0 Å². The lowest BCUT2D eigenvalue weighted by Gasteiger charge is -2.26. The van der Waals surface area contributed by atoms with E-state index in [1.165, 1.54) is 0 Å². The average molecular weight is 375 g/mol. The molecule has 3 atom stereocenters. The quantitative estimate of drug-likeness (QED) is 0.747. The first kappa shape index (κ1) is 19.0. The Kier molecular flexibility index (Phi) is 6.06. The van der Waals surface area contributed by atoms with Crippen LogP contribution in [0.5, 0.6) is 0 Å². The number of hydrogen-bond donors (Lipinski definition) is 0. The molecule has 0 N–H and O–H groups in total. The Bertz CT molecular complexity index is 796. The lowest BCUT2D eigenvalue weighted by Crippen LogP contribution is -2.38. The Labute approximate surface area is 156 Å². The minimum Gasteiger partial charge on any atom is -0.380 e. The first-order chi connectivity index (χ1) is 12.5. The number of rotatable bonds is 7. The van der Waals surface area contributed by atoms with E-state index in [1.807, 2.05) is 42.5 Å². The highest BCUT2D eigenvalue weighted by molar-refractivity contribution is 7.89. The normalized spacial score (nSPS) is 22.4. The SMILES string of the molecule is COC(Cc1ccccc1)CS(=O)(=O)N1CC(C)CC1c1cccnc1. The Morgan fingerprint density at radius 1 is 1.23 bits per heavy atom. The average Bonchev–Trinajstić information content (AvgIpc) is 3.05. The third kappa shape index (κ3) is 4.50. The minimum absolute atomic E-state index is 0.0120. The second kappa shape index (κ2) is 8.29. The standard InChI is InChI=1S/C20H26N2O3S/c1-16-11-20(18-9-6-10-21-13-18)22(14-16)26(23,24)15-19(25-2)12-17-7-4-3-5-8-17/h3-10,13,16,19-20H,11-12,14-15H2,1-2H3. The molecule has 0 aliphatic carbocycles. The van der Waals surface area contributed by atoms with Crippen molar-refractivity contribution in [2.24, 2.45) is 5.92 Å². The number of methoxy groups -OCH3 is 1. The topological polar surface area (TPSA) is 59.5 Å². The van der Waals surface area contributed by atoms with Crippen molar-refractivity contribution in [3.63, 3.8) is 0 Å². The Morgan fingerprint density at radius 2 is 2.00 bits per heavy atom. The van der Waals surface area contributed by atoms with Crippen molar-refractivity contribution in [2.75, 3.05) is 19.4 Å². The zero-order valence-electron chi connectivity index (χ0n) is 15.3. The molecule has 1 aliphatic heterocycles. The van der Waals surface area contributed by atoms with Crippen LogP contribution in [0.4, 0.5) is 0 Å². The van der Waals surface area contributed by atoms with E-state index in [1.54, 1.807) is 23.8 Å². The summed E-state index contributed by atoms with van der Waals surface area (Å²) >= 11 is 0. The van der Waals surface area contributed by atoms with E-state index in [-0.39, 0.29) is 17.9 Å². The lowest BCUT2D eigenvalue weighted by atomic mass is 10.0. The number of aromatic nitrogens is 1. The molecule has 140 valence electrons. The molecule has 5 nitrogen and oxygen atoms in total. The summed E-state index contributed by atoms with van der Waals surface area (Å²) in [6.45, 7) is 2.64. The van der Waals surface area contributed by atoms with Crippen LogP contribution < -0.4 is 0 Å². The van der Waals surface area contributed by atoms with E-state index < -0.39 is 10.0 Å². The fourth-order valence-electron chi connectivity index (χ4n) is 3.61. The summed E-state index contributed by atoms with van der Waals surface area (Å²) in [7, 11) is -1.86. The summed E-state index contributed by atoms with van der Waals surface area (Å²) in [5.41, 5.74) is 2.03. The summed E-state index contributed by atoms with van der Waals surface area (Å²) in [6.07, 6.45) is 4.51. The molecule has 0 radical (unpaired) electrons. The molecule has 1 saturated heterocycles. The van der Waals surface area contributed by atoms with Gasteiger partial charge >= 0.3 is 0 Å². The summed E-state index contributed by atoms with van der Waals surface area (Å²) < 4.78 is 33.4. The molecule has 2 heterocycles. The van der Waals surface area contributed by atoms with Crippen molar-refractivity contribution in [2.45, 2.75) is 31.9 Å². The van der Waals surface area contributed by atoms with Gasteiger partial charge in [-0.15, -0.1) is 0 Å². The molecule has 0 spiro atoms. The molecule has 1 aromatic carbocycles. The maximum atomic E-state index is 13.1. The van der Waals surface area contributed by atoms with Crippen LogP contribution in [-0.4, -0.2) is 43.2 Å². The zero-order valence-corrected chi connectivity index (χ0v) is 16.1. The van der Waals surface area contributed by atoms with Gasteiger partial charge in [0.2, 0.25) is 10.0 Å². The Balaban J connectivity index is 1.77. The Morgan fingerprint density at radius 3 is 2.65 bits per heavy atom. The van der Waals surface area contributed by atoms with E-state index in [4.69, 9.17) is 4.74 Å². The molecule has 1 aromatic heterocycles. The van der Waals surface area contributed by atoms with Crippen molar-refractivity contribution >= 4 is 10.0 Å². The van der Waals surface area contributed by atoms with Gasteiger partial charge in [-0.25, -0.2) is 8.42 Å². The first-order valence-corrected chi connectivity index (χ1v) is 10.6. The minimum atomic E-state index is -3.44. The van der Waals surface area contributed by atoms with E-state index in [9.17, 15) is 8.42 Å². The van der Waals surface area contributed by atoms with Crippen LogP contribution in [0.15, 0.2) is 54.9 Å². The van der Waals surface area contributed by atoms with E-state index in [0.29, 0.717) is 18.9 Å². The molecular weight excluding hydrogens is 348 g/mol. The molecule has 26 heavy (non-hydrogen) atoms. The largest absolute Gasteiger partial charge is 0.380 e. The van der Waals surface area contributed by atoms with E-state index in [0.717, 1.165) is 17.5 Å². The van der Waals surface area contributed by atoms with Crippen LogP contribution in [0.25, 0.3) is 0 Å². The Hall–Kier alpha value is -1.76. The molecule has 6 heteroatoms. The first-order valence-electron chi connectivity index (χ1n) is 8.95. The summed E-state index contributed by atoms with van der Waals surface area (Å²) in [5.74, 6) is 0.312. The number of benzene rings is 1. The van der Waals surface area contributed by atoms with E-state index >= 15 is 0 Å². The smallest absolute Gasteiger partial charge is 0.217 e. The third-order valence-corrected chi connectivity index (χ3v) is 6.84. The molecule has 1 fully saturated rings. The van der Waals surface area contributed by atoms with Crippen molar-refractivity contribution in [1.29, 1.82) is 0 Å². The zero-order chi connectivity index (χ0) is 18.6. The van der Waals surface area contributed by atoms with Gasteiger partial charge in [-0.2, -0.15) is 4.31 Å². The van der Waals surface area contributed by atoms with Crippen LogP contribution >= 0.6 is 0 Å². The van der Waals surface area contributed by atoms with Crippen molar-refractivity contribution in [1.82, 2.24) is 9.29 Å². The molecule has 0 saturated carbocycles. The fraction of sp³-hybridized carbons (Fsp3) is 0.450. The maximum absolute atomic E-state index is 13.1. The maximum Gasteiger partial charge on any atom is 0.217 e. The lowest BCUT2D eigenvalue weighted by molar-refractivity contribution is 0.119. The molecular formula is C20H26N2O3S. The second-order valence-corrected chi connectivity index (χ2v) is 9.00. The van der Waals surface area contributed by atoms with Gasteiger partial charge in [-0.05, 0) is 36.0 Å². The van der Waals surface area contributed by atoms with Gasteiger partial charge in [0.15, 0.2) is 0 Å². The highest BCUT2D eigenvalue weighted by atomic mass is 32.2. The molecule has 0 amide bonds. The third-order valence-electron chi connectivity index (χ3n) is 4.93. The monoisotopic (exact) mass is 374 g/mol. The van der Waals surface area contributed by atoms with Crippen molar-refractivity contribution in [3.8, 4) is 0 Å². The van der Waals surface area contributed by atoms with Crippen LogP contribution in [0.2, 0.25) is 0 Å². The molecule has 1 aliphatic rings. The molecule has 2 aromatic rings. The number of hydrogen-bond acceptors (Lipinski definition) is 4. The predicted octanol–water partition coefficient (Wildman–Crippen LogP) is 3.05. The van der Waals surface area contributed by atoms with Crippen LogP contribution in [0.1, 0.15) is 30.5 Å². The van der Waals surface area contributed by atoms with Gasteiger partial charge in [0.1, 0.15) is 0 Å². The molecule has 3 rings (SSSR count). The van der Waals surface area contributed by atoms with Crippen LogP contribution in [0, 0.1) is 5.92 Å². The highest BCUT2D eigenvalue weighted by Gasteiger charge is 2.39.